The van der Waals surface area contributed by atoms with Crippen molar-refractivity contribution in [2.75, 3.05) is 13.1 Å². The van der Waals surface area contributed by atoms with Gasteiger partial charge in [-0.25, -0.2) is 0 Å². The lowest BCUT2D eigenvalue weighted by Gasteiger charge is -2.30. The molecular formula is C14H26N4O. The van der Waals surface area contributed by atoms with E-state index in [1.54, 1.807) is 4.68 Å². The van der Waals surface area contributed by atoms with Crippen LogP contribution in [-0.4, -0.2) is 39.7 Å². The molecule has 1 heterocycles. The van der Waals surface area contributed by atoms with Gasteiger partial charge in [-0.3, -0.25) is 9.48 Å². The van der Waals surface area contributed by atoms with Gasteiger partial charge < -0.3 is 10.6 Å². The van der Waals surface area contributed by atoms with Gasteiger partial charge in [0.15, 0.2) is 0 Å². The average Bonchev–Trinajstić information content (AvgIpc) is 2.79. The highest BCUT2D eigenvalue weighted by atomic mass is 16.2. The molecular weight excluding hydrogens is 240 g/mol. The van der Waals surface area contributed by atoms with E-state index in [1.165, 1.54) is 0 Å². The van der Waals surface area contributed by atoms with Crippen LogP contribution < -0.4 is 5.73 Å². The molecule has 19 heavy (non-hydrogen) atoms. The fraction of sp³-hybridized carbons (Fsp3) is 0.714. The first-order chi connectivity index (χ1) is 9.08. The van der Waals surface area contributed by atoms with Crippen molar-refractivity contribution in [2.24, 2.45) is 5.73 Å². The molecule has 0 bridgehead atoms. The van der Waals surface area contributed by atoms with Crippen LogP contribution in [0.3, 0.4) is 0 Å². The smallest absolute Gasteiger partial charge is 0.272 e. The maximum atomic E-state index is 12.7. The van der Waals surface area contributed by atoms with Crippen LogP contribution in [0.15, 0.2) is 6.07 Å². The molecule has 108 valence electrons. The lowest BCUT2D eigenvalue weighted by Crippen LogP contribution is -2.43. The maximum Gasteiger partial charge on any atom is 0.272 e. The molecule has 0 fully saturated rings. The van der Waals surface area contributed by atoms with Crippen molar-refractivity contribution in [3.05, 3.63) is 17.5 Å². The highest BCUT2D eigenvalue weighted by molar-refractivity contribution is 5.93. The Morgan fingerprint density at radius 2 is 2.05 bits per heavy atom. The summed E-state index contributed by atoms with van der Waals surface area (Å²) in [6.45, 7) is 9.90. The summed E-state index contributed by atoms with van der Waals surface area (Å²) in [4.78, 5) is 14.6. The Labute approximate surface area is 115 Å². The van der Waals surface area contributed by atoms with Crippen molar-refractivity contribution >= 4 is 5.91 Å². The van der Waals surface area contributed by atoms with Gasteiger partial charge in [0.25, 0.3) is 5.91 Å². The summed E-state index contributed by atoms with van der Waals surface area (Å²) in [6.07, 6.45) is 1.89. The maximum absolute atomic E-state index is 12.7. The van der Waals surface area contributed by atoms with Gasteiger partial charge in [-0.05, 0) is 32.8 Å². The lowest BCUT2D eigenvalue weighted by molar-refractivity contribution is 0.0661. The summed E-state index contributed by atoms with van der Waals surface area (Å²) >= 11 is 0. The number of carbonyl (C=O) groups excluding carboxylic acids is 1. The first-order valence-corrected chi connectivity index (χ1v) is 7.14. The minimum absolute atomic E-state index is 0.0431. The van der Waals surface area contributed by atoms with Crippen molar-refractivity contribution in [2.45, 2.75) is 53.1 Å². The Hall–Kier alpha value is -1.36. The second kappa shape index (κ2) is 7.28. The van der Waals surface area contributed by atoms with E-state index < -0.39 is 0 Å². The monoisotopic (exact) mass is 266 g/mol. The largest absolute Gasteiger partial charge is 0.333 e. The van der Waals surface area contributed by atoms with E-state index in [9.17, 15) is 4.79 Å². The number of rotatable bonds is 7. The topological polar surface area (TPSA) is 64.2 Å². The second-order valence-electron chi connectivity index (χ2n) is 4.74. The van der Waals surface area contributed by atoms with E-state index in [0.717, 1.165) is 18.5 Å². The minimum Gasteiger partial charge on any atom is -0.333 e. The number of hydrogen-bond acceptors (Lipinski definition) is 3. The van der Waals surface area contributed by atoms with E-state index in [4.69, 9.17) is 5.73 Å². The number of aryl methyl sites for hydroxylation is 2. The third-order valence-corrected chi connectivity index (χ3v) is 3.43. The van der Waals surface area contributed by atoms with Crippen LogP contribution in [0, 0.1) is 6.92 Å². The molecule has 1 aromatic heterocycles. The Kier molecular flexibility index (Phi) is 6.02. The number of carbonyl (C=O) groups is 1. The van der Waals surface area contributed by atoms with Crippen molar-refractivity contribution in [1.82, 2.24) is 14.7 Å². The van der Waals surface area contributed by atoms with Gasteiger partial charge in [-0.15, -0.1) is 0 Å². The molecule has 0 unspecified atom stereocenters. The molecule has 5 nitrogen and oxygen atoms in total. The summed E-state index contributed by atoms with van der Waals surface area (Å²) in [6, 6.07) is 2.11. The molecule has 0 spiro atoms. The first kappa shape index (κ1) is 15.7. The quantitative estimate of drug-likeness (QED) is 0.818. The van der Waals surface area contributed by atoms with E-state index >= 15 is 0 Å². The molecule has 0 saturated carbocycles. The van der Waals surface area contributed by atoms with Gasteiger partial charge >= 0.3 is 0 Å². The summed E-state index contributed by atoms with van der Waals surface area (Å²) in [5, 5.41) is 4.34. The standard InChI is InChI=1S/C14H26N4O/c1-5-12(6-2)17(9-8-15)14(19)13-10-11(4)16-18(13)7-3/h10,12H,5-9,15H2,1-4H3. The zero-order chi connectivity index (χ0) is 14.4. The number of hydrogen-bond donors (Lipinski definition) is 1. The molecule has 1 aromatic rings. The number of nitrogens with zero attached hydrogens (tertiary/aromatic N) is 3. The molecule has 0 aliphatic carbocycles. The molecule has 0 aromatic carbocycles. The first-order valence-electron chi connectivity index (χ1n) is 7.14. The lowest BCUT2D eigenvalue weighted by atomic mass is 10.1. The third-order valence-electron chi connectivity index (χ3n) is 3.43. The Balaban J connectivity index is 3.04. The van der Waals surface area contributed by atoms with Crippen molar-refractivity contribution < 1.29 is 4.79 Å². The molecule has 0 aliphatic heterocycles. The van der Waals surface area contributed by atoms with Crippen molar-refractivity contribution in [3.8, 4) is 0 Å². The predicted molar refractivity (Wildman–Crippen MR) is 77.1 cm³/mol. The van der Waals surface area contributed by atoms with Gasteiger partial charge in [0, 0.05) is 25.7 Å². The molecule has 5 heteroatoms. The minimum atomic E-state index is 0.0431. The third kappa shape index (κ3) is 3.56. The van der Waals surface area contributed by atoms with Gasteiger partial charge in [0.2, 0.25) is 0 Å². The number of aromatic nitrogens is 2. The van der Waals surface area contributed by atoms with Crippen LogP contribution in [0.4, 0.5) is 0 Å². The van der Waals surface area contributed by atoms with Gasteiger partial charge in [0.1, 0.15) is 5.69 Å². The summed E-state index contributed by atoms with van der Waals surface area (Å²) in [5.74, 6) is 0.0431. The fourth-order valence-corrected chi connectivity index (χ4v) is 2.42. The molecule has 0 radical (unpaired) electrons. The Bertz CT molecular complexity index is 410. The van der Waals surface area contributed by atoms with Gasteiger partial charge in [-0.1, -0.05) is 13.8 Å². The molecule has 1 amide bonds. The summed E-state index contributed by atoms with van der Waals surface area (Å²) < 4.78 is 1.77. The highest BCUT2D eigenvalue weighted by Gasteiger charge is 2.24. The molecule has 0 saturated heterocycles. The van der Waals surface area contributed by atoms with Gasteiger partial charge in [0.05, 0.1) is 5.69 Å². The molecule has 0 atom stereocenters. The van der Waals surface area contributed by atoms with Crippen LogP contribution in [0.1, 0.15) is 49.8 Å². The predicted octanol–water partition coefficient (Wildman–Crippen LogP) is 1.80. The van der Waals surface area contributed by atoms with E-state index in [2.05, 4.69) is 18.9 Å². The van der Waals surface area contributed by atoms with E-state index in [1.807, 2.05) is 24.8 Å². The van der Waals surface area contributed by atoms with Crippen LogP contribution in [-0.2, 0) is 6.54 Å². The highest BCUT2D eigenvalue weighted by Crippen LogP contribution is 2.14. The zero-order valence-electron chi connectivity index (χ0n) is 12.5. The van der Waals surface area contributed by atoms with Crippen LogP contribution in [0.5, 0.6) is 0 Å². The zero-order valence-corrected chi connectivity index (χ0v) is 12.5. The fourth-order valence-electron chi connectivity index (χ4n) is 2.42. The van der Waals surface area contributed by atoms with Crippen molar-refractivity contribution in [3.63, 3.8) is 0 Å². The SMILES string of the molecule is CCC(CC)N(CCN)C(=O)c1cc(C)nn1CC. The summed E-state index contributed by atoms with van der Waals surface area (Å²) in [5.41, 5.74) is 7.20. The van der Waals surface area contributed by atoms with Crippen molar-refractivity contribution in [1.29, 1.82) is 0 Å². The van der Waals surface area contributed by atoms with Crippen LogP contribution in [0.2, 0.25) is 0 Å². The van der Waals surface area contributed by atoms with E-state index in [0.29, 0.717) is 25.3 Å². The Morgan fingerprint density at radius 3 is 2.53 bits per heavy atom. The number of nitrogens with two attached hydrogens (primary N) is 1. The average molecular weight is 266 g/mol. The van der Waals surface area contributed by atoms with Crippen LogP contribution >= 0.6 is 0 Å². The number of amides is 1. The molecule has 0 aliphatic rings. The second-order valence-corrected chi connectivity index (χ2v) is 4.74. The van der Waals surface area contributed by atoms with Gasteiger partial charge in [-0.2, -0.15) is 5.10 Å². The van der Waals surface area contributed by atoms with E-state index in [-0.39, 0.29) is 11.9 Å². The normalized spacial score (nSPS) is 11.1. The van der Waals surface area contributed by atoms with Crippen LogP contribution in [0.25, 0.3) is 0 Å². The summed E-state index contributed by atoms with van der Waals surface area (Å²) in [7, 11) is 0. The molecule has 1 rings (SSSR count). The Morgan fingerprint density at radius 1 is 1.42 bits per heavy atom. The molecule has 2 N–H and O–H groups in total.